The third-order valence-corrected chi connectivity index (χ3v) is 2.13. The third-order valence-electron chi connectivity index (χ3n) is 2.13. The predicted octanol–water partition coefficient (Wildman–Crippen LogP) is 0.657. The molecule has 0 aliphatic carbocycles. The van der Waals surface area contributed by atoms with Crippen molar-refractivity contribution >= 4 is 5.91 Å². The van der Waals surface area contributed by atoms with E-state index in [1.165, 1.54) is 0 Å². The number of ether oxygens (including phenoxy) is 1. The molecule has 0 spiro atoms. The molecule has 0 bridgehead atoms. The van der Waals surface area contributed by atoms with E-state index in [4.69, 9.17) is 10.5 Å². The molecule has 0 aliphatic heterocycles. The molecular weight excluding hydrogens is 180 g/mol. The molecule has 0 heterocycles. The Morgan fingerprint density at radius 2 is 2.29 bits per heavy atom. The SMILES string of the molecule is CCC(CCN)NC(=O)CCCOC. The molecule has 4 nitrogen and oxygen atoms in total. The summed E-state index contributed by atoms with van der Waals surface area (Å²) < 4.78 is 4.87. The summed E-state index contributed by atoms with van der Waals surface area (Å²) in [6.45, 7) is 3.31. The first-order valence-corrected chi connectivity index (χ1v) is 5.23. The van der Waals surface area contributed by atoms with Gasteiger partial charge in [0.05, 0.1) is 0 Å². The van der Waals surface area contributed by atoms with Crippen LogP contribution in [0.3, 0.4) is 0 Å². The number of nitrogens with two attached hydrogens (primary N) is 1. The van der Waals surface area contributed by atoms with Gasteiger partial charge >= 0.3 is 0 Å². The molecule has 0 rings (SSSR count). The van der Waals surface area contributed by atoms with Gasteiger partial charge in [-0.3, -0.25) is 4.79 Å². The maximum Gasteiger partial charge on any atom is 0.220 e. The fourth-order valence-electron chi connectivity index (χ4n) is 1.26. The summed E-state index contributed by atoms with van der Waals surface area (Å²) in [5.74, 6) is 0.0994. The molecule has 84 valence electrons. The monoisotopic (exact) mass is 202 g/mol. The van der Waals surface area contributed by atoms with Crippen molar-refractivity contribution in [2.24, 2.45) is 5.73 Å². The lowest BCUT2D eigenvalue weighted by Gasteiger charge is -2.15. The zero-order chi connectivity index (χ0) is 10.8. The summed E-state index contributed by atoms with van der Waals surface area (Å²) in [5, 5.41) is 2.95. The van der Waals surface area contributed by atoms with Gasteiger partial charge in [0.1, 0.15) is 0 Å². The van der Waals surface area contributed by atoms with Gasteiger partial charge in [-0.25, -0.2) is 0 Å². The van der Waals surface area contributed by atoms with Crippen molar-refractivity contribution in [3.8, 4) is 0 Å². The Kier molecular flexibility index (Phi) is 8.57. The Morgan fingerprint density at radius 3 is 2.79 bits per heavy atom. The van der Waals surface area contributed by atoms with E-state index in [1.54, 1.807) is 7.11 Å². The second-order valence-electron chi connectivity index (χ2n) is 3.35. The molecule has 0 saturated carbocycles. The van der Waals surface area contributed by atoms with Crippen LogP contribution in [-0.2, 0) is 9.53 Å². The predicted molar refractivity (Wildman–Crippen MR) is 57.0 cm³/mol. The highest BCUT2D eigenvalue weighted by molar-refractivity contribution is 5.76. The van der Waals surface area contributed by atoms with Crippen molar-refractivity contribution in [2.75, 3.05) is 20.3 Å². The molecule has 1 unspecified atom stereocenters. The Hall–Kier alpha value is -0.610. The lowest BCUT2D eigenvalue weighted by Crippen LogP contribution is -2.35. The number of hydrogen-bond acceptors (Lipinski definition) is 3. The first-order valence-electron chi connectivity index (χ1n) is 5.23. The molecule has 0 saturated heterocycles. The van der Waals surface area contributed by atoms with Gasteiger partial charge in [-0.1, -0.05) is 6.92 Å². The molecular formula is C10H22N2O2. The highest BCUT2D eigenvalue weighted by Gasteiger charge is 2.08. The molecule has 14 heavy (non-hydrogen) atoms. The van der Waals surface area contributed by atoms with E-state index >= 15 is 0 Å². The number of amides is 1. The zero-order valence-corrected chi connectivity index (χ0v) is 9.21. The largest absolute Gasteiger partial charge is 0.385 e. The Bertz CT molecular complexity index is 151. The van der Waals surface area contributed by atoms with Crippen molar-refractivity contribution in [2.45, 2.75) is 38.6 Å². The minimum Gasteiger partial charge on any atom is -0.385 e. The van der Waals surface area contributed by atoms with Crippen LogP contribution in [0, 0.1) is 0 Å². The average Bonchev–Trinajstić information content (AvgIpc) is 2.17. The molecule has 0 aromatic carbocycles. The van der Waals surface area contributed by atoms with Crippen LogP contribution in [0.15, 0.2) is 0 Å². The Labute approximate surface area is 86.2 Å². The maximum absolute atomic E-state index is 11.4. The quantitative estimate of drug-likeness (QED) is 0.568. The lowest BCUT2D eigenvalue weighted by atomic mass is 10.1. The third kappa shape index (κ3) is 6.86. The minimum absolute atomic E-state index is 0.0994. The van der Waals surface area contributed by atoms with Gasteiger partial charge in [-0.05, 0) is 25.8 Å². The molecule has 0 aliphatic rings. The van der Waals surface area contributed by atoms with E-state index in [0.717, 1.165) is 19.3 Å². The van der Waals surface area contributed by atoms with Crippen LogP contribution in [-0.4, -0.2) is 32.2 Å². The molecule has 0 radical (unpaired) electrons. The van der Waals surface area contributed by atoms with Crippen LogP contribution in [0.4, 0.5) is 0 Å². The molecule has 0 aromatic heterocycles. The number of rotatable bonds is 8. The van der Waals surface area contributed by atoms with Crippen molar-refractivity contribution in [3.63, 3.8) is 0 Å². The van der Waals surface area contributed by atoms with Gasteiger partial charge in [-0.2, -0.15) is 0 Å². The van der Waals surface area contributed by atoms with Gasteiger partial charge in [0, 0.05) is 26.2 Å². The second-order valence-corrected chi connectivity index (χ2v) is 3.35. The topological polar surface area (TPSA) is 64.3 Å². The summed E-state index contributed by atoms with van der Waals surface area (Å²) in [6, 6.07) is 0.232. The van der Waals surface area contributed by atoms with Crippen molar-refractivity contribution < 1.29 is 9.53 Å². The summed E-state index contributed by atoms with van der Waals surface area (Å²) in [6.07, 6.45) is 3.11. The van der Waals surface area contributed by atoms with E-state index in [1.807, 2.05) is 0 Å². The molecule has 1 atom stereocenters. The van der Waals surface area contributed by atoms with E-state index in [2.05, 4.69) is 12.2 Å². The van der Waals surface area contributed by atoms with Gasteiger partial charge in [0.25, 0.3) is 0 Å². The maximum atomic E-state index is 11.4. The first kappa shape index (κ1) is 13.4. The summed E-state index contributed by atoms with van der Waals surface area (Å²) in [5.41, 5.74) is 5.43. The number of methoxy groups -OCH3 is 1. The van der Waals surface area contributed by atoms with E-state index in [-0.39, 0.29) is 11.9 Å². The highest BCUT2D eigenvalue weighted by Crippen LogP contribution is 1.97. The number of nitrogens with one attached hydrogen (secondary N) is 1. The van der Waals surface area contributed by atoms with Gasteiger partial charge in [-0.15, -0.1) is 0 Å². The van der Waals surface area contributed by atoms with E-state index in [0.29, 0.717) is 19.6 Å². The van der Waals surface area contributed by atoms with Crippen molar-refractivity contribution in [1.82, 2.24) is 5.32 Å². The van der Waals surface area contributed by atoms with Crippen molar-refractivity contribution in [1.29, 1.82) is 0 Å². The number of carbonyl (C=O) groups excluding carboxylic acids is 1. The number of hydrogen-bond donors (Lipinski definition) is 2. The fraction of sp³-hybridized carbons (Fsp3) is 0.900. The molecule has 3 N–H and O–H groups in total. The van der Waals surface area contributed by atoms with E-state index < -0.39 is 0 Å². The summed E-state index contributed by atoms with van der Waals surface area (Å²) in [7, 11) is 1.64. The minimum atomic E-state index is 0.0994. The highest BCUT2D eigenvalue weighted by atomic mass is 16.5. The van der Waals surface area contributed by atoms with E-state index in [9.17, 15) is 4.79 Å². The van der Waals surface area contributed by atoms with Crippen LogP contribution in [0.2, 0.25) is 0 Å². The lowest BCUT2D eigenvalue weighted by molar-refractivity contribution is -0.122. The standard InChI is InChI=1S/C10H22N2O2/c1-3-9(6-7-11)12-10(13)5-4-8-14-2/h9H,3-8,11H2,1-2H3,(H,12,13). The first-order chi connectivity index (χ1) is 6.74. The molecule has 1 amide bonds. The van der Waals surface area contributed by atoms with Crippen molar-refractivity contribution in [3.05, 3.63) is 0 Å². The van der Waals surface area contributed by atoms with Gasteiger partial charge < -0.3 is 15.8 Å². The van der Waals surface area contributed by atoms with Gasteiger partial charge in [0.15, 0.2) is 0 Å². The fourth-order valence-corrected chi connectivity index (χ4v) is 1.26. The van der Waals surface area contributed by atoms with Crippen LogP contribution in [0.5, 0.6) is 0 Å². The summed E-state index contributed by atoms with van der Waals surface area (Å²) >= 11 is 0. The smallest absolute Gasteiger partial charge is 0.220 e. The molecule has 0 fully saturated rings. The van der Waals surface area contributed by atoms with Crippen LogP contribution in [0.1, 0.15) is 32.6 Å². The Morgan fingerprint density at radius 1 is 1.57 bits per heavy atom. The summed E-state index contributed by atoms with van der Waals surface area (Å²) in [4.78, 5) is 11.4. The Balaban J connectivity index is 3.56. The van der Waals surface area contributed by atoms with Crippen LogP contribution >= 0.6 is 0 Å². The van der Waals surface area contributed by atoms with Crippen LogP contribution < -0.4 is 11.1 Å². The van der Waals surface area contributed by atoms with Gasteiger partial charge in [0.2, 0.25) is 5.91 Å². The normalized spacial score (nSPS) is 12.5. The average molecular weight is 202 g/mol. The number of carbonyl (C=O) groups is 1. The zero-order valence-electron chi connectivity index (χ0n) is 9.21. The molecule has 4 heteroatoms. The molecule has 0 aromatic rings. The second kappa shape index (κ2) is 8.97. The van der Waals surface area contributed by atoms with Crippen LogP contribution in [0.25, 0.3) is 0 Å².